The van der Waals surface area contributed by atoms with E-state index in [0.717, 1.165) is 22.9 Å². The van der Waals surface area contributed by atoms with Crippen LogP contribution in [0.4, 0.5) is 11.4 Å². The summed E-state index contributed by atoms with van der Waals surface area (Å²) < 4.78 is 10.5. The predicted molar refractivity (Wildman–Crippen MR) is 74.0 cm³/mol. The molecule has 0 aliphatic heterocycles. The monoisotopic (exact) mass is 243 g/mol. The number of anilines is 2. The summed E-state index contributed by atoms with van der Waals surface area (Å²) in [5.41, 5.74) is 3.19. The van der Waals surface area contributed by atoms with Gasteiger partial charge in [-0.05, 0) is 31.2 Å². The topological polar surface area (TPSA) is 30.5 Å². The number of rotatable bonds is 4. The lowest BCUT2D eigenvalue weighted by atomic mass is 10.2. The molecule has 2 aromatic rings. The number of hydrogen-bond donors (Lipinski definition) is 1. The summed E-state index contributed by atoms with van der Waals surface area (Å²) in [6.45, 7) is 2.07. The first-order chi connectivity index (χ1) is 8.72. The first kappa shape index (κ1) is 12.3. The lowest BCUT2D eigenvalue weighted by Crippen LogP contribution is -1.95. The normalized spacial score (nSPS) is 9.94. The third-order valence-electron chi connectivity index (χ3n) is 2.74. The van der Waals surface area contributed by atoms with Gasteiger partial charge in [-0.1, -0.05) is 17.7 Å². The van der Waals surface area contributed by atoms with E-state index in [1.165, 1.54) is 5.56 Å². The minimum absolute atomic E-state index is 0.759. The number of ether oxygens (including phenoxy) is 2. The molecule has 0 heterocycles. The zero-order valence-electron chi connectivity index (χ0n) is 10.9. The smallest absolute Gasteiger partial charge is 0.145 e. The summed E-state index contributed by atoms with van der Waals surface area (Å²) in [7, 11) is 3.29. The number of methoxy groups -OCH3 is 2. The van der Waals surface area contributed by atoms with Gasteiger partial charge in [-0.15, -0.1) is 0 Å². The van der Waals surface area contributed by atoms with Crippen molar-refractivity contribution in [2.24, 2.45) is 0 Å². The van der Waals surface area contributed by atoms with Crippen molar-refractivity contribution in [2.75, 3.05) is 19.5 Å². The van der Waals surface area contributed by atoms with E-state index in [4.69, 9.17) is 9.47 Å². The Kier molecular flexibility index (Phi) is 3.72. The molecule has 0 fully saturated rings. The van der Waals surface area contributed by atoms with Crippen LogP contribution in [0.15, 0.2) is 42.5 Å². The Bertz CT molecular complexity index is 521. The minimum Gasteiger partial charge on any atom is -0.497 e. The van der Waals surface area contributed by atoms with Crippen LogP contribution in [0.5, 0.6) is 11.5 Å². The van der Waals surface area contributed by atoms with Gasteiger partial charge in [-0.3, -0.25) is 0 Å². The van der Waals surface area contributed by atoms with Crippen molar-refractivity contribution in [1.29, 1.82) is 0 Å². The van der Waals surface area contributed by atoms with Crippen molar-refractivity contribution < 1.29 is 9.47 Å². The average Bonchev–Trinajstić information content (AvgIpc) is 2.41. The van der Waals surface area contributed by atoms with Crippen LogP contribution in [0.25, 0.3) is 0 Å². The molecule has 0 spiro atoms. The van der Waals surface area contributed by atoms with Crippen LogP contribution in [0, 0.1) is 6.92 Å². The van der Waals surface area contributed by atoms with Gasteiger partial charge in [-0.25, -0.2) is 0 Å². The number of nitrogens with one attached hydrogen (secondary N) is 1. The Morgan fingerprint density at radius 3 is 2.22 bits per heavy atom. The molecule has 0 aliphatic rings. The molecule has 18 heavy (non-hydrogen) atoms. The molecule has 0 unspecified atom stereocenters. The fourth-order valence-corrected chi connectivity index (χ4v) is 1.69. The quantitative estimate of drug-likeness (QED) is 0.887. The van der Waals surface area contributed by atoms with Gasteiger partial charge in [-0.2, -0.15) is 0 Å². The summed E-state index contributed by atoms with van der Waals surface area (Å²) in [6, 6.07) is 13.9. The van der Waals surface area contributed by atoms with Crippen LogP contribution < -0.4 is 14.8 Å². The van der Waals surface area contributed by atoms with E-state index in [9.17, 15) is 0 Å². The summed E-state index contributed by atoms with van der Waals surface area (Å²) in [5.74, 6) is 1.54. The molecule has 1 N–H and O–H groups in total. The Morgan fingerprint density at radius 2 is 1.61 bits per heavy atom. The maximum atomic E-state index is 5.34. The molecular weight excluding hydrogens is 226 g/mol. The van der Waals surface area contributed by atoms with Crippen LogP contribution in [-0.2, 0) is 0 Å². The first-order valence-electron chi connectivity index (χ1n) is 5.78. The summed E-state index contributed by atoms with van der Waals surface area (Å²) in [6.07, 6.45) is 0. The van der Waals surface area contributed by atoms with Gasteiger partial charge in [0.15, 0.2) is 0 Å². The molecule has 0 atom stereocenters. The van der Waals surface area contributed by atoms with Crippen LogP contribution in [-0.4, -0.2) is 14.2 Å². The van der Waals surface area contributed by atoms with E-state index < -0.39 is 0 Å². The lowest BCUT2D eigenvalue weighted by molar-refractivity contribution is 0.395. The van der Waals surface area contributed by atoms with E-state index in [2.05, 4.69) is 24.4 Å². The van der Waals surface area contributed by atoms with Crippen LogP contribution in [0.2, 0.25) is 0 Å². The largest absolute Gasteiger partial charge is 0.497 e. The molecule has 2 aromatic carbocycles. The van der Waals surface area contributed by atoms with Gasteiger partial charge in [0.25, 0.3) is 0 Å². The molecule has 0 saturated heterocycles. The SMILES string of the molecule is COc1ccc(Nc2ccc(C)cc2)c(OC)c1. The number of benzene rings is 2. The zero-order valence-corrected chi connectivity index (χ0v) is 10.9. The van der Waals surface area contributed by atoms with E-state index in [0.29, 0.717) is 0 Å². The van der Waals surface area contributed by atoms with Crippen molar-refractivity contribution >= 4 is 11.4 Å². The van der Waals surface area contributed by atoms with Crippen LogP contribution in [0.1, 0.15) is 5.56 Å². The maximum Gasteiger partial charge on any atom is 0.145 e. The molecule has 0 radical (unpaired) electrons. The molecule has 3 nitrogen and oxygen atoms in total. The summed E-state index contributed by atoms with van der Waals surface area (Å²) in [4.78, 5) is 0. The van der Waals surface area contributed by atoms with Gasteiger partial charge < -0.3 is 14.8 Å². The lowest BCUT2D eigenvalue weighted by Gasteiger charge is -2.12. The molecule has 3 heteroatoms. The fraction of sp³-hybridized carbons (Fsp3) is 0.200. The Labute approximate surface area is 107 Å². The number of aryl methyl sites for hydroxylation is 1. The molecule has 0 saturated carbocycles. The summed E-state index contributed by atoms with van der Waals surface area (Å²) in [5, 5.41) is 3.32. The van der Waals surface area contributed by atoms with Crippen molar-refractivity contribution in [3.8, 4) is 11.5 Å². The van der Waals surface area contributed by atoms with Crippen LogP contribution >= 0.6 is 0 Å². The van der Waals surface area contributed by atoms with Gasteiger partial charge in [0, 0.05) is 11.8 Å². The van der Waals surface area contributed by atoms with Gasteiger partial charge in [0.2, 0.25) is 0 Å². The number of hydrogen-bond acceptors (Lipinski definition) is 3. The second kappa shape index (κ2) is 5.45. The van der Waals surface area contributed by atoms with Crippen molar-refractivity contribution in [3.05, 3.63) is 48.0 Å². The van der Waals surface area contributed by atoms with E-state index >= 15 is 0 Å². The standard InChI is InChI=1S/C15H17NO2/c1-11-4-6-12(7-5-11)16-14-9-8-13(17-2)10-15(14)18-3/h4-10,16H,1-3H3. The second-order valence-corrected chi connectivity index (χ2v) is 4.06. The molecule has 0 amide bonds. The van der Waals surface area contributed by atoms with Gasteiger partial charge in [0.05, 0.1) is 19.9 Å². The maximum absolute atomic E-state index is 5.34. The predicted octanol–water partition coefficient (Wildman–Crippen LogP) is 3.76. The third-order valence-corrected chi connectivity index (χ3v) is 2.74. The summed E-state index contributed by atoms with van der Waals surface area (Å²) >= 11 is 0. The van der Waals surface area contributed by atoms with Gasteiger partial charge >= 0.3 is 0 Å². The van der Waals surface area contributed by atoms with Crippen LogP contribution in [0.3, 0.4) is 0 Å². The third kappa shape index (κ3) is 2.74. The molecule has 0 aliphatic carbocycles. The average molecular weight is 243 g/mol. The molecule has 0 aromatic heterocycles. The zero-order chi connectivity index (χ0) is 13.0. The highest BCUT2D eigenvalue weighted by Gasteiger charge is 2.05. The molecule has 0 bridgehead atoms. The van der Waals surface area contributed by atoms with E-state index in [1.807, 2.05) is 30.3 Å². The van der Waals surface area contributed by atoms with Gasteiger partial charge in [0.1, 0.15) is 11.5 Å². The van der Waals surface area contributed by atoms with Crippen molar-refractivity contribution in [3.63, 3.8) is 0 Å². The van der Waals surface area contributed by atoms with Crippen molar-refractivity contribution in [1.82, 2.24) is 0 Å². The Morgan fingerprint density at radius 1 is 0.889 bits per heavy atom. The highest BCUT2D eigenvalue weighted by Crippen LogP contribution is 2.31. The highest BCUT2D eigenvalue weighted by atomic mass is 16.5. The molecular formula is C15H17NO2. The Hall–Kier alpha value is -2.16. The molecule has 2 rings (SSSR count). The fourth-order valence-electron chi connectivity index (χ4n) is 1.69. The molecule has 94 valence electrons. The second-order valence-electron chi connectivity index (χ2n) is 4.06. The van der Waals surface area contributed by atoms with Crippen molar-refractivity contribution in [2.45, 2.75) is 6.92 Å². The first-order valence-corrected chi connectivity index (χ1v) is 5.78. The minimum atomic E-state index is 0.759. The van der Waals surface area contributed by atoms with E-state index in [-0.39, 0.29) is 0 Å². The highest BCUT2D eigenvalue weighted by molar-refractivity contribution is 5.67. The Balaban J connectivity index is 2.25. The van der Waals surface area contributed by atoms with E-state index in [1.54, 1.807) is 14.2 Å².